The van der Waals surface area contributed by atoms with Crippen LogP contribution in [0.3, 0.4) is 0 Å². The van der Waals surface area contributed by atoms with E-state index in [9.17, 15) is 5.11 Å². The Bertz CT molecular complexity index is 704. The summed E-state index contributed by atoms with van der Waals surface area (Å²) < 4.78 is 22.9. The first-order chi connectivity index (χ1) is 12.9. The maximum absolute atomic E-state index is 11.1. The van der Waals surface area contributed by atoms with Crippen molar-refractivity contribution in [3.05, 3.63) is 17.2 Å². The molecule has 0 aromatic heterocycles. The van der Waals surface area contributed by atoms with Crippen LogP contribution in [0.25, 0.3) is 0 Å². The molecule has 0 saturated carbocycles. The average Bonchev–Trinajstić information content (AvgIpc) is 3.09. The fourth-order valence-corrected chi connectivity index (χ4v) is 4.85. The number of hydrogen-bond donors (Lipinski definition) is 1. The van der Waals surface area contributed by atoms with Crippen LogP contribution in [0.2, 0.25) is 0 Å². The summed E-state index contributed by atoms with van der Waals surface area (Å²) in [6.45, 7) is 6.12. The van der Waals surface area contributed by atoms with Gasteiger partial charge in [0.15, 0.2) is 11.5 Å². The second-order valence-corrected chi connectivity index (χ2v) is 8.63. The van der Waals surface area contributed by atoms with Crippen LogP contribution in [0.5, 0.6) is 17.2 Å². The second-order valence-electron chi connectivity index (χ2n) is 8.63. The molecule has 1 saturated heterocycles. The molecule has 6 heteroatoms. The van der Waals surface area contributed by atoms with Crippen molar-refractivity contribution in [3.63, 3.8) is 0 Å². The molecule has 0 aliphatic carbocycles. The van der Waals surface area contributed by atoms with Crippen LogP contribution in [0.1, 0.15) is 50.3 Å². The third-order valence-corrected chi connectivity index (χ3v) is 6.29. The molecule has 150 valence electrons. The van der Waals surface area contributed by atoms with Crippen molar-refractivity contribution in [1.29, 1.82) is 0 Å². The Morgan fingerprint density at radius 3 is 2.93 bits per heavy atom. The van der Waals surface area contributed by atoms with Gasteiger partial charge >= 0.3 is 0 Å². The van der Waals surface area contributed by atoms with Gasteiger partial charge in [-0.05, 0) is 64.1 Å². The van der Waals surface area contributed by atoms with Gasteiger partial charge in [0.1, 0.15) is 0 Å². The minimum atomic E-state index is -0.373. The Morgan fingerprint density at radius 2 is 2.19 bits per heavy atom. The van der Waals surface area contributed by atoms with Gasteiger partial charge in [0.2, 0.25) is 12.5 Å². The van der Waals surface area contributed by atoms with Crippen LogP contribution in [-0.2, 0) is 11.2 Å². The molecular weight excluding hydrogens is 346 g/mol. The van der Waals surface area contributed by atoms with Crippen molar-refractivity contribution < 1.29 is 24.1 Å². The fourth-order valence-electron chi connectivity index (χ4n) is 4.85. The number of fused-ring (bicyclic) bond motifs is 2. The van der Waals surface area contributed by atoms with E-state index in [0.29, 0.717) is 18.8 Å². The van der Waals surface area contributed by atoms with Crippen molar-refractivity contribution in [2.75, 3.05) is 34.1 Å². The molecule has 3 aliphatic heterocycles. The molecule has 0 bridgehead atoms. The smallest absolute Gasteiger partial charge is 0.231 e. The molecule has 4 rings (SSSR count). The lowest BCUT2D eigenvalue weighted by atomic mass is 9.80. The third kappa shape index (κ3) is 3.50. The van der Waals surface area contributed by atoms with Gasteiger partial charge in [-0.2, -0.15) is 0 Å². The van der Waals surface area contributed by atoms with E-state index >= 15 is 0 Å². The van der Waals surface area contributed by atoms with Crippen molar-refractivity contribution >= 4 is 0 Å². The Kier molecular flexibility index (Phi) is 4.99. The molecule has 3 aliphatic rings. The Labute approximate surface area is 161 Å². The zero-order chi connectivity index (χ0) is 19.2. The lowest BCUT2D eigenvalue weighted by Crippen LogP contribution is -2.41. The minimum Gasteiger partial charge on any atom is -0.492 e. The van der Waals surface area contributed by atoms with Gasteiger partial charge in [-0.25, -0.2) is 0 Å². The first-order valence-corrected chi connectivity index (χ1v) is 9.91. The summed E-state index contributed by atoms with van der Waals surface area (Å²) in [4.78, 5) is 2.32. The van der Waals surface area contributed by atoms with Crippen LogP contribution in [-0.4, -0.2) is 55.8 Å². The molecule has 27 heavy (non-hydrogen) atoms. The van der Waals surface area contributed by atoms with Crippen LogP contribution < -0.4 is 14.2 Å². The first kappa shape index (κ1) is 18.8. The summed E-state index contributed by atoms with van der Waals surface area (Å²) in [6, 6.07) is 2.18. The van der Waals surface area contributed by atoms with E-state index in [-0.39, 0.29) is 30.5 Å². The van der Waals surface area contributed by atoms with Gasteiger partial charge in [0, 0.05) is 24.8 Å². The number of methoxy groups -OCH3 is 1. The van der Waals surface area contributed by atoms with Gasteiger partial charge in [-0.1, -0.05) is 0 Å². The Hall–Kier alpha value is -1.50. The molecule has 3 atom stereocenters. The highest BCUT2D eigenvalue weighted by molar-refractivity contribution is 5.61. The van der Waals surface area contributed by atoms with E-state index in [1.54, 1.807) is 7.11 Å². The van der Waals surface area contributed by atoms with Crippen molar-refractivity contribution in [2.24, 2.45) is 5.92 Å². The molecule has 0 amide bonds. The lowest BCUT2D eigenvalue weighted by molar-refractivity contribution is -0.0987. The molecular formula is C21H31NO5. The summed E-state index contributed by atoms with van der Waals surface area (Å²) in [5.41, 5.74) is 2.21. The first-order valence-electron chi connectivity index (χ1n) is 9.91. The molecule has 1 fully saturated rings. The highest BCUT2D eigenvalue weighted by Crippen LogP contribution is 2.50. The quantitative estimate of drug-likeness (QED) is 0.871. The van der Waals surface area contributed by atoms with Crippen molar-refractivity contribution in [1.82, 2.24) is 4.90 Å². The summed E-state index contributed by atoms with van der Waals surface area (Å²) in [7, 11) is 3.80. The highest BCUT2D eigenvalue weighted by atomic mass is 16.7. The van der Waals surface area contributed by atoms with Gasteiger partial charge in [0.25, 0.3) is 0 Å². The summed E-state index contributed by atoms with van der Waals surface area (Å²) in [6.07, 6.45) is 3.04. The zero-order valence-corrected chi connectivity index (χ0v) is 16.8. The van der Waals surface area contributed by atoms with Crippen molar-refractivity contribution in [2.45, 2.75) is 57.3 Å². The predicted molar refractivity (Wildman–Crippen MR) is 102 cm³/mol. The maximum Gasteiger partial charge on any atom is 0.231 e. The molecule has 0 unspecified atom stereocenters. The van der Waals surface area contributed by atoms with Crippen LogP contribution in [0.15, 0.2) is 6.07 Å². The summed E-state index contributed by atoms with van der Waals surface area (Å²) in [5, 5.41) is 11.1. The number of ether oxygens (including phenoxy) is 4. The number of nitrogens with zero attached hydrogens (tertiary/aromatic N) is 1. The summed E-state index contributed by atoms with van der Waals surface area (Å²) in [5.74, 6) is 2.47. The van der Waals surface area contributed by atoms with Gasteiger partial charge in [-0.15, -0.1) is 0 Å². The molecule has 1 aromatic rings. The van der Waals surface area contributed by atoms with E-state index in [4.69, 9.17) is 18.9 Å². The normalized spacial score (nSPS) is 27.9. The minimum absolute atomic E-state index is 0.0964. The molecule has 0 spiro atoms. The number of likely N-dealkylation sites (N-methyl/N-ethyl adjacent to an activating group) is 1. The monoisotopic (exact) mass is 377 g/mol. The highest BCUT2D eigenvalue weighted by Gasteiger charge is 2.38. The molecule has 3 heterocycles. The Morgan fingerprint density at radius 1 is 1.37 bits per heavy atom. The van der Waals surface area contributed by atoms with E-state index in [1.807, 2.05) is 0 Å². The number of rotatable bonds is 4. The van der Waals surface area contributed by atoms with Crippen LogP contribution >= 0.6 is 0 Å². The number of benzene rings is 1. The standard InChI is InChI=1S/C21H31NO5/c1-21(2)11-14(6-8-27-21)16(23)10-15-18-13(5-7-22(15)3)9-17-19(20(18)24-4)26-12-25-17/h9,14-16,23H,5-8,10-12H2,1-4H3/t14-,15+,16-/m0/s1. The number of aliphatic hydroxyl groups is 1. The topological polar surface area (TPSA) is 60.4 Å². The number of aliphatic hydroxyl groups excluding tert-OH is 1. The van der Waals surface area contributed by atoms with Crippen molar-refractivity contribution in [3.8, 4) is 17.2 Å². The number of hydrogen-bond acceptors (Lipinski definition) is 6. The fraction of sp³-hybridized carbons (Fsp3) is 0.714. The van der Waals surface area contributed by atoms with E-state index in [0.717, 1.165) is 42.9 Å². The zero-order valence-electron chi connectivity index (χ0n) is 16.8. The summed E-state index contributed by atoms with van der Waals surface area (Å²) >= 11 is 0. The largest absolute Gasteiger partial charge is 0.492 e. The molecule has 6 nitrogen and oxygen atoms in total. The SMILES string of the molecule is COc1c2c(cc3c1[C@@H](C[C@H](O)[C@H]1CCOC(C)(C)C1)N(C)CC3)OCO2. The Balaban J connectivity index is 1.62. The lowest BCUT2D eigenvalue weighted by Gasteiger charge is -2.41. The van der Waals surface area contributed by atoms with E-state index in [1.165, 1.54) is 5.56 Å². The maximum atomic E-state index is 11.1. The van der Waals surface area contributed by atoms with Crippen LogP contribution in [0, 0.1) is 5.92 Å². The van der Waals surface area contributed by atoms with Gasteiger partial charge in [-0.3, -0.25) is 4.90 Å². The molecule has 1 aromatic carbocycles. The van der Waals surface area contributed by atoms with Crippen LogP contribution in [0.4, 0.5) is 0 Å². The second kappa shape index (κ2) is 7.15. The molecule has 1 N–H and O–H groups in total. The van der Waals surface area contributed by atoms with E-state index in [2.05, 4.69) is 31.9 Å². The average molecular weight is 377 g/mol. The predicted octanol–water partition coefficient (Wildman–Crippen LogP) is 2.91. The van der Waals surface area contributed by atoms with Gasteiger partial charge < -0.3 is 24.1 Å². The molecule has 0 radical (unpaired) electrons. The van der Waals surface area contributed by atoms with E-state index < -0.39 is 0 Å². The van der Waals surface area contributed by atoms with Gasteiger partial charge in [0.05, 0.1) is 18.8 Å². The third-order valence-electron chi connectivity index (χ3n) is 6.29.